The molecule has 0 heterocycles. The SMILES string of the molecule is CC(C)(C)OC(=O)NCCOCCOCCOCCOCCOCC=O. The van der Waals surface area contributed by atoms with Crippen molar-refractivity contribution >= 4 is 12.4 Å². The molecule has 0 atom stereocenters. The fourth-order valence-electron chi connectivity index (χ4n) is 1.55. The summed E-state index contributed by atoms with van der Waals surface area (Å²) in [4.78, 5) is 21.4. The van der Waals surface area contributed by atoms with Gasteiger partial charge in [0.15, 0.2) is 0 Å². The Labute approximate surface area is 155 Å². The summed E-state index contributed by atoms with van der Waals surface area (Å²) in [6, 6.07) is 0. The zero-order valence-corrected chi connectivity index (χ0v) is 16.1. The second-order valence-corrected chi connectivity index (χ2v) is 6.12. The molecule has 0 radical (unpaired) electrons. The van der Waals surface area contributed by atoms with Gasteiger partial charge >= 0.3 is 6.09 Å². The molecule has 0 saturated heterocycles. The van der Waals surface area contributed by atoms with E-state index in [2.05, 4.69) is 5.32 Å². The number of nitrogens with one attached hydrogen (secondary N) is 1. The first kappa shape index (κ1) is 24.7. The number of carbonyl (C=O) groups excluding carboxylic acids is 2. The van der Waals surface area contributed by atoms with Crippen LogP contribution in [0, 0.1) is 0 Å². The molecule has 1 N–H and O–H groups in total. The van der Waals surface area contributed by atoms with Crippen molar-refractivity contribution in [3.05, 3.63) is 0 Å². The lowest BCUT2D eigenvalue weighted by atomic mass is 10.2. The molecule has 0 aromatic rings. The topological polar surface area (TPSA) is 102 Å². The number of amides is 1. The van der Waals surface area contributed by atoms with Gasteiger partial charge in [-0.1, -0.05) is 0 Å². The molecule has 0 aliphatic rings. The Morgan fingerprint density at radius 1 is 0.769 bits per heavy atom. The van der Waals surface area contributed by atoms with Gasteiger partial charge in [-0.2, -0.15) is 0 Å². The van der Waals surface area contributed by atoms with Gasteiger partial charge in [0.25, 0.3) is 0 Å². The van der Waals surface area contributed by atoms with Crippen LogP contribution in [0.2, 0.25) is 0 Å². The van der Waals surface area contributed by atoms with Crippen molar-refractivity contribution in [1.29, 1.82) is 0 Å². The van der Waals surface area contributed by atoms with E-state index in [1.807, 2.05) is 20.8 Å². The summed E-state index contributed by atoms with van der Waals surface area (Å²) in [6.07, 6.45) is 0.252. The summed E-state index contributed by atoms with van der Waals surface area (Å²) >= 11 is 0. The molecule has 0 rings (SSSR count). The minimum absolute atomic E-state index is 0.0984. The Morgan fingerprint density at radius 2 is 1.19 bits per heavy atom. The lowest BCUT2D eigenvalue weighted by Crippen LogP contribution is -2.34. The molecular formula is C17H33NO8. The van der Waals surface area contributed by atoms with Crippen LogP contribution in [-0.4, -0.2) is 90.6 Å². The average molecular weight is 379 g/mol. The maximum Gasteiger partial charge on any atom is 0.407 e. The highest BCUT2D eigenvalue weighted by Crippen LogP contribution is 2.05. The molecule has 1 amide bonds. The summed E-state index contributed by atoms with van der Waals surface area (Å²) in [5.41, 5.74) is -0.502. The molecule has 9 heteroatoms. The maximum absolute atomic E-state index is 11.4. The van der Waals surface area contributed by atoms with Crippen molar-refractivity contribution in [2.75, 3.05) is 72.6 Å². The minimum Gasteiger partial charge on any atom is -0.444 e. The molecule has 0 spiro atoms. The Hall–Kier alpha value is -1.26. The second-order valence-electron chi connectivity index (χ2n) is 6.12. The van der Waals surface area contributed by atoms with Crippen molar-refractivity contribution in [2.45, 2.75) is 26.4 Å². The number of carbonyl (C=O) groups is 2. The number of rotatable bonds is 17. The molecule has 0 aliphatic heterocycles. The number of hydrogen-bond acceptors (Lipinski definition) is 8. The molecule has 0 bridgehead atoms. The van der Waals surface area contributed by atoms with Crippen LogP contribution < -0.4 is 5.32 Å². The highest BCUT2D eigenvalue weighted by Gasteiger charge is 2.15. The van der Waals surface area contributed by atoms with Gasteiger partial charge in [0.2, 0.25) is 0 Å². The van der Waals surface area contributed by atoms with Crippen LogP contribution >= 0.6 is 0 Å². The fourth-order valence-corrected chi connectivity index (χ4v) is 1.55. The van der Waals surface area contributed by atoms with Crippen molar-refractivity contribution in [3.63, 3.8) is 0 Å². The third-order valence-electron chi connectivity index (χ3n) is 2.59. The first-order valence-electron chi connectivity index (χ1n) is 8.75. The van der Waals surface area contributed by atoms with E-state index in [1.165, 1.54) is 0 Å². The largest absolute Gasteiger partial charge is 0.444 e. The first-order valence-corrected chi connectivity index (χ1v) is 8.75. The van der Waals surface area contributed by atoms with Gasteiger partial charge < -0.3 is 38.5 Å². The molecule has 9 nitrogen and oxygen atoms in total. The molecule has 0 saturated carbocycles. The molecule has 154 valence electrons. The van der Waals surface area contributed by atoms with E-state index >= 15 is 0 Å². The van der Waals surface area contributed by atoms with E-state index < -0.39 is 11.7 Å². The molecule has 0 aromatic carbocycles. The smallest absolute Gasteiger partial charge is 0.407 e. The van der Waals surface area contributed by atoms with Gasteiger partial charge in [-0.05, 0) is 20.8 Å². The monoisotopic (exact) mass is 379 g/mol. The highest BCUT2D eigenvalue weighted by molar-refractivity contribution is 5.67. The van der Waals surface area contributed by atoms with Crippen LogP contribution in [0.25, 0.3) is 0 Å². The predicted molar refractivity (Wildman–Crippen MR) is 94.4 cm³/mol. The predicted octanol–water partition coefficient (Wildman–Crippen LogP) is 0.793. The van der Waals surface area contributed by atoms with Gasteiger partial charge in [0.1, 0.15) is 18.5 Å². The van der Waals surface area contributed by atoms with Crippen LogP contribution in [-0.2, 0) is 33.2 Å². The quantitative estimate of drug-likeness (QED) is 0.292. The number of alkyl carbamates (subject to hydrolysis) is 1. The lowest BCUT2D eigenvalue weighted by molar-refractivity contribution is -0.112. The molecule has 0 aromatic heterocycles. The number of hydrogen-bond donors (Lipinski definition) is 1. The van der Waals surface area contributed by atoms with Crippen molar-refractivity contribution < 1.29 is 38.0 Å². The highest BCUT2D eigenvalue weighted by atomic mass is 16.6. The van der Waals surface area contributed by atoms with Gasteiger partial charge in [-0.3, -0.25) is 0 Å². The van der Waals surface area contributed by atoms with Crippen molar-refractivity contribution in [2.24, 2.45) is 0 Å². The molecule has 0 unspecified atom stereocenters. The van der Waals surface area contributed by atoms with Gasteiger partial charge in [-0.25, -0.2) is 4.79 Å². The van der Waals surface area contributed by atoms with E-state index in [9.17, 15) is 9.59 Å². The molecular weight excluding hydrogens is 346 g/mol. The Balaban J connectivity index is 3.13. The second kappa shape index (κ2) is 17.2. The zero-order chi connectivity index (χ0) is 19.5. The van der Waals surface area contributed by atoms with Crippen LogP contribution in [0.5, 0.6) is 0 Å². The summed E-state index contributed by atoms with van der Waals surface area (Å²) in [6.45, 7) is 9.95. The maximum atomic E-state index is 11.4. The number of ether oxygens (including phenoxy) is 6. The third kappa shape index (κ3) is 20.8. The Bertz CT molecular complexity index is 346. The van der Waals surface area contributed by atoms with Crippen LogP contribution in [0.15, 0.2) is 0 Å². The van der Waals surface area contributed by atoms with Gasteiger partial charge in [-0.15, -0.1) is 0 Å². The summed E-state index contributed by atoms with van der Waals surface area (Å²) < 4.78 is 31.3. The lowest BCUT2D eigenvalue weighted by Gasteiger charge is -2.19. The third-order valence-corrected chi connectivity index (χ3v) is 2.59. The van der Waals surface area contributed by atoms with Crippen LogP contribution in [0.3, 0.4) is 0 Å². The summed E-state index contributed by atoms with van der Waals surface area (Å²) in [5.74, 6) is 0. The van der Waals surface area contributed by atoms with E-state index in [0.717, 1.165) is 0 Å². The van der Waals surface area contributed by atoms with E-state index in [1.54, 1.807) is 0 Å². The van der Waals surface area contributed by atoms with Gasteiger partial charge in [0, 0.05) is 6.54 Å². The number of aldehydes is 1. The Morgan fingerprint density at radius 3 is 1.62 bits per heavy atom. The van der Waals surface area contributed by atoms with Crippen molar-refractivity contribution in [1.82, 2.24) is 5.32 Å². The summed E-state index contributed by atoms with van der Waals surface area (Å²) in [7, 11) is 0. The van der Waals surface area contributed by atoms with E-state index in [0.29, 0.717) is 72.3 Å². The molecule has 0 fully saturated rings. The molecule has 0 aliphatic carbocycles. The van der Waals surface area contributed by atoms with Crippen LogP contribution in [0.1, 0.15) is 20.8 Å². The van der Waals surface area contributed by atoms with Crippen molar-refractivity contribution in [3.8, 4) is 0 Å². The standard InChI is InChI=1S/C17H33NO8/c1-17(2,3)26-16(20)18-4-6-21-8-10-23-12-14-25-15-13-24-11-9-22-7-5-19/h5H,4,6-15H2,1-3H3,(H,18,20). The van der Waals surface area contributed by atoms with E-state index in [4.69, 9.17) is 28.4 Å². The van der Waals surface area contributed by atoms with E-state index in [-0.39, 0.29) is 6.61 Å². The first-order chi connectivity index (χ1) is 12.5. The fraction of sp³-hybridized carbons (Fsp3) is 0.882. The normalized spacial score (nSPS) is 11.3. The summed E-state index contributed by atoms with van der Waals surface area (Å²) in [5, 5.41) is 2.61. The van der Waals surface area contributed by atoms with Crippen LogP contribution in [0.4, 0.5) is 4.79 Å². The Kier molecular flexibility index (Phi) is 16.3. The molecule has 26 heavy (non-hydrogen) atoms. The average Bonchev–Trinajstić information content (AvgIpc) is 2.56. The minimum atomic E-state index is -0.502. The zero-order valence-electron chi connectivity index (χ0n) is 16.1. The van der Waals surface area contributed by atoms with Gasteiger partial charge in [0.05, 0.1) is 59.5 Å².